The first-order chi connectivity index (χ1) is 20.4. The van der Waals surface area contributed by atoms with Crippen molar-refractivity contribution in [2.75, 3.05) is 24.5 Å². The fraction of sp³-hybridized carbons (Fsp3) is 0.333. The van der Waals surface area contributed by atoms with Gasteiger partial charge in [-0.05, 0) is 62.2 Å². The lowest BCUT2D eigenvalue weighted by atomic mass is 10.1. The molecule has 1 atom stereocenters. The molecule has 0 aliphatic carbocycles. The van der Waals surface area contributed by atoms with E-state index in [2.05, 4.69) is 5.32 Å². The molecule has 43 heavy (non-hydrogen) atoms. The number of hydrogen-bond acceptors (Lipinski definition) is 7. The number of nitrogens with one attached hydrogen (secondary N) is 1. The van der Waals surface area contributed by atoms with Gasteiger partial charge in [-0.25, -0.2) is 8.42 Å². The van der Waals surface area contributed by atoms with E-state index in [1.165, 1.54) is 55.3 Å². The van der Waals surface area contributed by atoms with E-state index in [0.717, 1.165) is 23.2 Å². The average molecular weight is 631 g/mol. The van der Waals surface area contributed by atoms with Gasteiger partial charge in [0.05, 0.1) is 22.6 Å². The number of carbonyl (C=O) groups excluding carboxylic acids is 2. The summed E-state index contributed by atoms with van der Waals surface area (Å²) in [5.74, 6) is -0.628. The van der Waals surface area contributed by atoms with Crippen LogP contribution in [0, 0.1) is 17.0 Å². The van der Waals surface area contributed by atoms with E-state index in [1.807, 2.05) is 6.92 Å². The molecule has 13 heteroatoms. The molecule has 3 aromatic rings. The van der Waals surface area contributed by atoms with Gasteiger partial charge in [0, 0.05) is 29.7 Å². The summed E-state index contributed by atoms with van der Waals surface area (Å²) in [6.45, 7) is 4.71. The van der Waals surface area contributed by atoms with Gasteiger partial charge >= 0.3 is 0 Å². The van der Waals surface area contributed by atoms with Crippen LogP contribution in [0.1, 0.15) is 37.8 Å². The Bertz CT molecular complexity index is 1560. The van der Waals surface area contributed by atoms with E-state index in [0.29, 0.717) is 22.9 Å². The molecule has 0 saturated carbocycles. The van der Waals surface area contributed by atoms with Crippen molar-refractivity contribution in [1.29, 1.82) is 0 Å². The Labute approximate surface area is 256 Å². The van der Waals surface area contributed by atoms with Crippen molar-refractivity contribution in [2.24, 2.45) is 0 Å². The van der Waals surface area contributed by atoms with Crippen LogP contribution in [0.2, 0.25) is 5.02 Å². The van der Waals surface area contributed by atoms with Crippen molar-refractivity contribution in [3.05, 3.63) is 93.0 Å². The summed E-state index contributed by atoms with van der Waals surface area (Å²) in [7, 11) is -3.05. The lowest BCUT2D eigenvalue weighted by molar-refractivity contribution is -0.385. The smallest absolute Gasteiger partial charge is 0.273 e. The van der Waals surface area contributed by atoms with Crippen molar-refractivity contribution in [3.63, 3.8) is 0 Å². The monoisotopic (exact) mass is 630 g/mol. The van der Waals surface area contributed by atoms with Crippen LogP contribution in [0.3, 0.4) is 0 Å². The van der Waals surface area contributed by atoms with Gasteiger partial charge < -0.3 is 15.0 Å². The van der Waals surface area contributed by atoms with Crippen LogP contribution in [0.15, 0.2) is 71.6 Å². The fourth-order valence-electron chi connectivity index (χ4n) is 4.28. The number of halogens is 1. The van der Waals surface area contributed by atoms with Gasteiger partial charge in [0.2, 0.25) is 11.8 Å². The summed E-state index contributed by atoms with van der Waals surface area (Å²) in [4.78, 5) is 38.9. The minimum Gasteiger partial charge on any atom is -0.497 e. The molecule has 11 nitrogen and oxygen atoms in total. The molecule has 3 rings (SSSR count). The van der Waals surface area contributed by atoms with E-state index in [9.17, 15) is 28.1 Å². The number of unbranched alkanes of at least 4 members (excludes halogenated alkanes) is 1. The number of anilines is 1. The number of benzene rings is 3. The van der Waals surface area contributed by atoms with Crippen molar-refractivity contribution in [2.45, 2.75) is 51.1 Å². The normalized spacial score (nSPS) is 11.8. The summed E-state index contributed by atoms with van der Waals surface area (Å²) in [5, 5.41) is 14.8. The third-order valence-electron chi connectivity index (χ3n) is 6.90. The maximum Gasteiger partial charge on any atom is 0.273 e. The number of sulfonamides is 1. The molecule has 0 aromatic heterocycles. The van der Waals surface area contributed by atoms with Gasteiger partial charge in [0.15, 0.2) is 0 Å². The lowest BCUT2D eigenvalue weighted by Crippen LogP contribution is -2.51. The average Bonchev–Trinajstić information content (AvgIpc) is 2.99. The Morgan fingerprint density at radius 3 is 2.37 bits per heavy atom. The SMILES string of the molecule is CCCCNC(=O)[C@@H](C)N(Cc1ccccc1Cl)C(=O)CN(c1ccc(OC)cc1)S(=O)(=O)c1ccc(C)c([N+](=O)[O-])c1. The van der Waals surface area contributed by atoms with E-state index in [4.69, 9.17) is 16.3 Å². The number of methoxy groups -OCH3 is 1. The van der Waals surface area contributed by atoms with Crippen molar-refractivity contribution in [3.8, 4) is 5.75 Å². The van der Waals surface area contributed by atoms with Crippen molar-refractivity contribution in [1.82, 2.24) is 10.2 Å². The number of nitrogens with zero attached hydrogens (tertiary/aromatic N) is 3. The maximum absolute atomic E-state index is 14.0. The summed E-state index contributed by atoms with van der Waals surface area (Å²) in [6.07, 6.45) is 1.62. The Morgan fingerprint density at radius 2 is 1.77 bits per heavy atom. The number of rotatable bonds is 14. The number of hydrogen-bond donors (Lipinski definition) is 1. The quantitative estimate of drug-likeness (QED) is 0.149. The van der Waals surface area contributed by atoms with E-state index >= 15 is 0 Å². The van der Waals surface area contributed by atoms with Crippen molar-refractivity contribution < 1.29 is 27.7 Å². The standard InChI is InChI=1S/C30H35ClN4O7S/c1-5-6-17-32-30(37)22(3)33(19-23-9-7-8-10-27(23)31)29(36)20-34(24-12-14-25(42-4)15-13-24)43(40,41)26-16-11-21(2)28(18-26)35(38)39/h7-16,18,22H,5-6,17,19-20H2,1-4H3,(H,32,37)/t22-/m1/s1. The molecule has 0 aliphatic heterocycles. The minimum atomic E-state index is -4.51. The highest BCUT2D eigenvalue weighted by atomic mass is 35.5. The number of aryl methyl sites for hydroxylation is 1. The predicted molar refractivity (Wildman–Crippen MR) is 165 cm³/mol. The van der Waals surface area contributed by atoms with Gasteiger partial charge in [-0.1, -0.05) is 49.2 Å². The van der Waals surface area contributed by atoms with Crippen LogP contribution >= 0.6 is 11.6 Å². The number of nitro groups is 1. The van der Waals surface area contributed by atoms with Crippen LogP contribution in [0.25, 0.3) is 0 Å². The molecule has 0 aliphatic rings. The first-order valence-corrected chi connectivity index (χ1v) is 15.4. The van der Waals surface area contributed by atoms with Crippen LogP contribution < -0.4 is 14.4 Å². The number of ether oxygens (including phenoxy) is 1. The number of carbonyl (C=O) groups is 2. The second-order valence-electron chi connectivity index (χ2n) is 9.85. The lowest BCUT2D eigenvalue weighted by Gasteiger charge is -2.32. The second kappa shape index (κ2) is 14.8. The molecule has 1 N–H and O–H groups in total. The number of amides is 2. The Hall–Kier alpha value is -4.16. The largest absolute Gasteiger partial charge is 0.497 e. The fourth-order valence-corrected chi connectivity index (χ4v) is 5.91. The van der Waals surface area contributed by atoms with Gasteiger partial charge in [-0.3, -0.25) is 24.0 Å². The summed E-state index contributed by atoms with van der Waals surface area (Å²) in [6, 6.07) is 15.4. The molecular weight excluding hydrogens is 596 g/mol. The van der Waals surface area contributed by atoms with Crippen LogP contribution in [-0.2, 0) is 26.2 Å². The molecule has 0 fully saturated rings. The zero-order valence-corrected chi connectivity index (χ0v) is 26.0. The second-order valence-corrected chi connectivity index (χ2v) is 12.1. The first kappa shape index (κ1) is 33.3. The van der Waals surface area contributed by atoms with Crippen LogP contribution in [0.4, 0.5) is 11.4 Å². The molecule has 0 heterocycles. The van der Waals surface area contributed by atoms with Gasteiger partial charge in [0.1, 0.15) is 18.3 Å². The molecule has 0 saturated heterocycles. The van der Waals surface area contributed by atoms with E-state index in [1.54, 1.807) is 31.2 Å². The first-order valence-electron chi connectivity index (χ1n) is 13.6. The molecule has 0 radical (unpaired) electrons. The maximum atomic E-state index is 14.0. The van der Waals surface area contributed by atoms with Crippen LogP contribution in [-0.4, -0.2) is 56.3 Å². The molecular formula is C30H35ClN4O7S. The Morgan fingerprint density at radius 1 is 1.09 bits per heavy atom. The summed E-state index contributed by atoms with van der Waals surface area (Å²) >= 11 is 6.38. The van der Waals surface area contributed by atoms with E-state index in [-0.39, 0.29) is 28.4 Å². The molecule has 0 bridgehead atoms. The van der Waals surface area contributed by atoms with Crippen molar-refractivity contribution >= 4 is 44.8 Å². The highest BCUT2D eigenvalue weighted by Gasteiger charge is 2.33. The molecule has 230 valence electrons. The predicted octanol–water partition coefficient (Wildman–Crippen LogP) is 5.09. The van der Waals surface area contributed by atoms with Gasteiger partial charge in [0.25, 0.3) is 15.7 Å². The third-order valence-corrected chi connectivity index (χ3v) is 9.04. The topological polar surface area (TPSA) is 139 Å². The van der Waals surface area contributed by atoms with E-state index < -0.39 is 39.3 Å². The highest BCUT2D eigenvalue weighted by molar-refractivity contribution is 7.92. The molecule has 3 aromatic carbocycles. The zero-order valence-electron chi connectivity index (χ0n) is 24.4. The van der Waals surface area contributed by atoms with Crippen LogP contribution in [0.5, 0.6) is 5.75 Å². The third kappa shape index (κ3) is 8.23. The number of nitro benzene ring substituents is 1. The molecule has 0 unspecified atom stereocenters. The summed E-state index contributed by atoms with van der Waals surface area (Å²) < 4.78 is 34.1. The Kier molecular flexibility index (Phi) is 11.5. The molecule has 0 spiro atoms. The minimum absolute atomic E-state index is 0.0621. The molecule has 2 amide bonds. The van der Waals surface area contributed by atoms with Gasteiger partial charge in [-0.2, -0.15) is 0 Å². The summed E-state index contributed by atoms with van der Waals surface area (Å²) in [5.41, 5.74) is 0.596. The van der Waals surface area contributed by atoms with Gasteiger partial charge in [-0.15, -0.1) is 0 Å². The zero-order chi connectivity index (χ0) is 31.7. The highest BCUT2D eigenvalue weighted by Crippen LogP contribution is 2.30. The Balaban J connectivity index is 2.08.